The van der Waals surface area contributed by atoms with Crippen molar-refractivity contribution in [3.63, 3.8) is 0 Å². The number of carbonyl (C=O) groups is 1. The van der Waals surface area contributed by atoms with Gasteiger partial charge >= 0.3 is 6.09 Å². The Morgan fingerprint density at radius 1 is 1.81 bits per heavy atom. The first-order valence-electron chi connectivity index (χ1n) is 4.33. The summed E-state index contributed by atoms with van der Waals surface area (Å²) in [6.45, 7) is 2.07. The van der Waals surface area contributed by atoms with Gasteiger partial charge in [0, 0.05) is 0 Å². The summed E-state index contributed by atoms with van der Waals surface area (Å²) < 4.78 is 5.64. The first-order valence-corrected chi connectivity index (χ1v) is 7.17. The Kier molecular flexibility index (Phi) is 5.78. The van der Waals surface area contributed by atoms with Gasteiger partial charge < -0.3 is 4.74 Å². The molecule has 0 aliphatic heterocycles. The molecule has 0 fully saturated rings. The maximum absolute atomic E-state index is 11.2. The molecule has 0 radical (unpaired) electrons. The summed E-state index contributed by atoms with van der Waals surface area (Å²) in [5.74, 6) is 0. The molecule has 0 unspecified atom stereocenters. The second kappa shape index (κ2) is 6.87. The average molecular weight is 324 g/mol. The van der Waals surface area contributed by atoms with Crippen molar-refractivity contribution in [2.45, 2.75) is 6.92 Å². The Labute approximate surface area is 110 Å². The molecule has 0 aromatic carbocycles. The molecule has 1 aromatic rings. The van der Waals surface area contributed by atoms with Gasteiger partial charge in [-0.15, -0.1) is 0 Å². The topological polar surface area (TPSA) is 63.6 Å². The van der Waals surface area contributed by atoms with Crippen LogP contribution in [0.2, 0.25) is 0 Å². The van der Waals surface area contributed by atoms with E-state index in [-0.39, 0.29) is 0 Å². The highest BCUT2D eigenvalue weighted by Crippen LogP contribution is 2.26. The number of rotatable bonds is 2. The summed E-state index contributed by atoms with van der Waals surface area (Å²) in [7, 11) is 0. The van der Waals surface area contributed by atoms with Crippen LogP contribution in [0.25, 0.3) is 0 Å². The van der Waals surface area contributed by atoms with Crippen LogP contribution in [0.3, 0.4) is 0 Å². The van der Waals surface area contributed by atoms with Gasteiger partial charge in [0.25, 0.3) is 0 Å². The molecule has 0 saturated heterocycles. The van der Waals surface area contributed by atoms with Gasteiger partial charge in [-0.2, -0.15) is 4.99 Å². The third-order valence-electron chi connectivity index (χ3n) is 1.34. The summed E-state index contributed by atoms with van der Waals surface area (Å²) in [6, 6.07) is 0. The Morgan fingerprint density at radius 3 is 3.06 bits per heavy atom. The van der Waals surface area contributed by atoms with E-state index in [1.165, 1.54) is 23.1 Å². The number of amides is 1. The number of nitrogens with zero attached hydrogens (tertiary/aromatic N) is 2. The molecule has 5 nitrogen and oxygen atoms in total. The fourth-order valence-corrected chi connectivity index (χ4v) is 2.24. The predicted molar refractivity (Wildman–Crippen MR) is 70.6 cm³/mol. The smallest absolute Gasteiger partial charge is 0.413 e. The van der Waals surface area contributed by atoms with Gasteiger partial charge in [0.05, 0.1) is 16.6 Å². The molecule has 16 heavy (non-hydrogen) atoms. The lowest BCUT2D eigenvalue weighted by molar-refractivity contribution is 0.158. The van der Waals surface area contributed by atoms with Crippen LogP contribution in [0.4, 0.5) is 9.93 Å². The van der Waals surface area contributed by atoms with Crippen LogP contribution in [0.5, 0.6) is 0 Å². The summed E-state index contributed by atoms with van der Waals surface area (Å²) in [6.07, 6.45) is 2.96. The average Bonchev–Trinajstić information content (AvgIpc) is 2.63. The number of hydrogen-bond acceptors (Lipinski definition) is 6. The highest BCUT2D eigenvalue weighted by molar-refractivity contribution is 9.11. The van der Waals surface area contributed by atoms with Crippen molar-refractivity contribution in [3.05, 3.63) is 9.98 Å². The van der Waals surface area contributed by atoms with E-state index >= 15 is 0 Å². The first kappa shape index (κ1) is 13.5. The van der Waals surface area contributed by atoms with Crippen molar-refractivity contribution in [1.82, 2.24) is 10.3 Å². The minimum absolute atomic E-state index is 0.330. The van der Waals surface area contributed by atoms with Gasteiger partial charge in [0.1, 0.15) is 0 Å². The molecule has 0 aliphatic rings. The zero-order valence-electron chi connectivity index (χ0n) is 8.69. The lowest BCUT2D eigenvalue weighted by atomic mass is 10.9. The third-order valence-corrected chi connectivity index (χ3v) is 3.29. The SMILES string of the molecule is CCOC(=O)N/C(=N\c1ncc(Br)s1)SC. The Balaban J connectivity index is 2.66. The van der Waals surface area contributed by atoms with Gasteiger partial charge in [-0.1, -0.05) is 23.1 Å². The second-order valence-electron chi connectivity index (χ2n) is 2.41. The number of ether oxygens (including phenoxy) is 1. The molecule has 8 heteroatoms. The maximum atomic E-state index is 11.2. The highest BCUT2D eigenvalue weighted by Gasteiger charge is 2.06. The standard InChI is InChI=1S/C8H10BrN3O2S2/c1-3-14-8(13)12-7(15-2)11-6-10-4-5(9)16-6/h4H,3H2,1-2H3,(H,10,11,12,13). The summed E-state index contributed by atoms with van der Waals surface area (Å²) in [5.41, 5.74) is 0. The van der Waals surface area contributed by atoms with Crippen LogP contribution in [0, 0.1) is 0 Å². The van der Waals surface area contributed by atoms with Crippen LogP contribution >= 0.6 is 39.0 Å². The zero-order chi connectivity index (χ0) is 12.0. The Bertz CT molecular complexity index is 394. The first-order chi connectivity index (χ1) is 7.65. The van der Waals surface area contributed by atoms with E-state index in [4.69, 9.17) is 4.74 Å². The number of amidine groups is 1. The van der Waals surface area contributed by atoms with E-state index in [1.54, 1.807) is 13.1 Å². The van der Waals surface area contributed by atoms with Crippen LogP contribution in [-0.4, -0.2) is 29.1 Å². The van der Waals surface area contributed by atoms with Crippen molar-refractivity contribution in [3.8, 4) is 0 Å². The Morgan fingerprint density at radius 2 is 2.56 bits per heavy atom. The molecule has 1 N–H and O–H groups in total. The molecular weight excluding hydrogens is 314 g/mol. The molecule has 1 heterocycles. The maximum Gasteiger partial charge on any atom is 0.413 e. The van der Waals surface area contributed by atoms with E-state index < -0.39 is 6.09 Å². The van der Waals surface area contributed by atoms with Gasteiger partial charge in [0.15, 0.2) is 5.17 Å². The lowest BCUT2D eigenvalue weighted by Gasteiger charge is -2.04. The number of alkyl carbamates (subject to hydrolysis) is 1. The number of aliphatic imine (C=N–C) groups is 1. The van der Waals surface area contributed by atoms with Crippen LogP contribution in [0.1, 0.15) is 6.92 Å². The van der Waals surface area contributed by atoms with Gasteiger partial charge in [0.2, 0.25) is 5.13 Å². The van der Waals surface area contributed by atoms with Crippen molar-refractivity contribution >= 4 is 55.4 Å². The molecule has 1 rings (SSSR count). The van der Waals surface area contributed by atoms with E-state index in [0.717, 1.165) is 3.79 Å². The van der Waals surface area contributed by atoms with E-state index in [9.17, 15) is 4.79 Å². The number of hydrogen-bond donors (Lipinski definition) is 1. The van der Waals surface area contributed by atoms with Gasteiger partial charge in [-0.25, -0.2) is 9.78 Å². The molecule has 0 aliphatic carbocycles. The van der Waals surface area contributed by atoms with Crippen molar-refractivity contribution in [2.75, 3.05) is 12.9 Å². The fraction of sp³-hybridized carbons (Fsp3) is 0.375. The zero-order valence-corrected chi connectivity index (χ0v) is 11.9. The van der Waals surface area contributed by atoms with Crippen LogP contribution in [0.15, 0.2) is 15.0 Å². The van der Waals surface area contributed by atoms with Crippen LogP contribution in [-0.2, 0) is 4.74 Å². The molecule has 1 aromatic heterocycles. The minimum Gasteiger partial charge on any atom is -0.450 e. The molecule has 1 amide bonds. The summed E-state index contributed by atoms with van der Waals surface area (Å²) in [4.78, 5) is 19.4. The lowest BCUT2D eigenvalue weighted by Crippen LogP contribution is -2.28. The highest BCUT2D eigenvalue weighted by atomic mass is 79.9. The predicted octanol–water partition coefficient (Wildman–Crippen LogP) is 3.00. The fourth-order valence-electron chi connectivity index (χ4n) is 0.764. The van der Waals surface area contributed by atoms with Gasteiger partial charge in [-0.3, -0.25) is 5.32 Å². The van der Waals surface area contributed by atoms with Crippen molar-refractivity contribution in [2.24, 2.45) is 4.99 Å². The van der Waals surface area contributed by atoms with E-state index in [0.29, 0.717) is 16.9 Å². The second-order valence-corrected chi connectivity index (χ2v) is 5.60. The van der Waals surface area contributed by atoms with E-state index in [1.807, 2.05) is 6.26 Å². The number of nitrogens with one attached hydrogen (secondary N) is 1. The van der Waals surface area contributed by atoms with Crippen LogP contribution < -0.4 is 5.32 Å². The van der Waals surface area contributed by atoms with Crippen molar-refractivity contribution in [1.29, 1.82) is 0 Å². The van der Waals surface area contributed by atoms with E-state index in [2.05, 4.69) is 31.2 Å². The number of thiazole rings is 1. The largest absolute Gasteiger partial charge is 0.450 e. The Hall–Kier alpha value is -0.600. The third kappa shape index (κ3) is 4.50. The molecule has 0 atom stereocenters. The molecule has 88 valence electrons. The number of aromatic nitrogens is 1. The van der Waals surface area contributed by atoms with Crippen molar-refractivity contribution < 1.29 is 9.53 Å². The quantitative estimate of drug-likeness (QED) is 0.671. The molecule has 0 bridgehead atoms. The molecule has 0 saturated carbocycles. The monoisotopic (exact) mass is 323 g/mol. The normalized spacial score (nSPS) is 11.3. The number of carbonyl (C=O) groups excluding carboxylic acids is 1. The van der Waals surface area contributed by atoms with Gasteiger partial charge in [-0.05, 0) is 29.1 Å². The molecular formula is C8H10BrN3O2S2. The number of thioether (sulfide) groups is 1. The minimum atomic E-state index is -0.508. The summed E-state index contributed by atoms with van der Waals surface area (Å²) >= 11 is 5.99. The molecule has 0 spiro atoms. The number of halogens is 1. The summed E-state index contributed by atoms with van der Waals surface area (Å²) in [5, 5.41) is 3.56.